The summed E-state index contributed by atoms with van der Waals surface area (Å²) in [4.78, 5) is 55.2. The molecule has 12 nitrogen and oxygen atoms in total. The third-order valence-corrected chi connectivity index (χ3v) is 4.65. The highest BCUT2D eigenvalue weighted by molar-refractivity contribution is 7.80. The molecule has 0 aliphatic carbocycles. The quantitative estimate of drug-likeness (QED) is 0.152. The van der Waals surface area contributed by atoms with Crippen molar-refractivity contribution in [3.05, 3.63) is 18.2 Å². The number of carbonyl (C=O) groups is 4. The lowest BCUT2D eigenvalue weighted by Gasteiger charge is -2.24. The summed E-state index contributed by atoms with van der Waals surface area (Å²) in [5.41, 5.74) is 6.43. The Morgan fingerprint density at radius 2 is 1.68 bits per heavy atom. The zero-order valence-electron chi connectivity index (χ0n) is 17.4. The minimum Gasteiger partial charge on any atom is -0.480 e. The van der Waals surface area contributed by atoms with Crippen molar-refractivity contribution in [3.63, 3.8) is 0 Å². The number of aliphatic carboxylic acids is 1. The van der Waals surface area contributed by atoms with Crippen molar-refractivity contribution in [1.82, 2.24) is 25.9 Å². The van der Waals surface area contributed by atoms with E-state index in [1.165, 1.54) is 12.5 Å². The Morgan fingerprint density at radius 3 is 2.16 bits per heavy atom. The van der Waals surface area contributed by atoms with Crippen LogP contribution < -0.4 is 21.7 Å². The Hall–Kier alpha value is -2.64. The average molecular weight is 459 g/mol. The van der Waals surface area contributed by atoms with E-state index >= 15 is 0 Å². The maximum atomic E-state index is 12.8. The van der Waals surface area contributed by atoms with Gasteiger partial charge in [-0.2, -0.15) is 12.6 Å². The molecule has 1 heterocycles. The fraction of sp³-hybridized carbons (Fsp3) is 0.611. The van der Waals surface area contributed by atoms with Crippen LogP contribution in [0.1, 0.15) is 26.0 Å². The van der Waals surface area contributed by atoms with E-state index in [4.69, 9.17) is 10.8 Å². The molecule has 1 aromatic heterocycles. The summed E-state index contributed by atoms with van der Waals surface area (Å²) >= 11 is 3.85. The standard InChI is InChI=1S/C18H30N6O6S/c1-9(2)3-11(19)15(26)22-12(4-10-5-20-8-21-10)16(27)23-13(6-25)17(28)24-14(7-31)18(29)30/h5,8-9,11-14,25,31H,3-4,6-7,19H2,1-2H3,(H,20,21)(H,22,26)(H,23,27)(H,24,28)(H,29,30). The summed E-state index contributed by atoms with van der Waals surface area (Å²) in [5, 5.41) is 25.6. The third-order valence-electron chi connectivity index (χ3n) is 4.29. The van der Waals surface area contributed by atoms with Gasteiger partial charge in [0.2, 0.25) is 17.7 Å². The molecule has 0 radical (unpaired) electrons. The topological polar surface area (TPSA) is 200 Å². The summed E-state index contributed by atoms with van der Waals surface area (Å²) in [6, 6.07) is -4.68. The first kappa shape index (κ1) is 26.4. The molecule has 4 atom stereocenters. The number of carboxylic acid groups (broad SMARTS) is 1. The van der Waals surface area contributed by atoms with Gasteiger partial charge < -0.3 is 36.9 Å². The van der Waals surface area contributed by atoms with E-state index in [2.05, 4.69) is 38.5 Å². The summed E-state index contributed by atoms with van der Waals surface area (Å²) in [6.45, 7) is 3.03. The largest absolute Gasteiger partial charge is 0.480 e. The van der Waals surface area contributed by atoms with Crippen molar-refractivity contribution < 1.29 is 29.4 Å². The van der Waals surface area contributed by atoms with Crippen LogP contribution in [0.15, 0.2) is 12.5 Å². The molecule has 3 amide bonds. The number of aromatic nitrogens is 2. The molecule has 0 aliphatic rings. The molecule has 174 valence electrons. The number of aliphatic hydroxyl groups excluding tert-OH is 1. The summed E-state index contributed by atoms with van der Waals surface area (Å²) in [6.07, 6.45) is 3.32. The maximum Gasteiger partial charge on any atom is 0.327 e. The first-order valence-electron chi connectivity index (χ1n) is 9.67. The lowest BCUT2D eigenvalue weighted by atomic mass is 10.0. The Kier molecular flexibility index (Phi) is 11.0. The van der Waals surface area contributed by atoms with Crippen molar-refractivity contribution >= 4 is 36.3 Å². The van der Waals surface area contributed by atoms with Gasteiger partial charge in [0.25, 0.3) is 0 Å². The zero-order valence-corrected chi connectivity index (χ0v) is 18.3. The highest BCUT2D eigenvalue weighted by Gasteiger charge is 2.30. The van der Waals surface area contributed by atoms with Crippen LogP contribution in [0.2, 0.25) is 0 Å². The van der Waals surface area contributed by atoms with E-state index in [1.807, 2.05) is 13.8 Å². The van der Waals surface area contributed by atoms with Crippen molar-refractivity contribution in [2.45, 2.75) is 50.9 Å². The smallest absolute Gasteiger partial charge is 0.327 e. The molecule has 4 unspecified atom stereocenters. The number of carbonyl (C=O) groups excluding carboxylic acids is 3. The number of aromatic amines is 1. The highest BCUT2D eigenvalue weighted by Crippen LogP contribution is 2.05. The molecule has 8 N–H and O–H groups in total. The number of aliphatic hydroxyl groups is 1. The molecular formula is C18H30N6O6S. The zero-order chi connectivity index (χ0) is 23.6. The van der Waals surface area contributed by atoms with Gasteiger partial charge in [-0.05, 0) is 12.3 Å². The third kappa shape index (κ3) is 8.94. The van der Waals surface area contributed by atoms with Crippen LogP contribution in [0.3, 0.4) is 0 Å². The average Bonchev–Trinajstić information content (AvgIpc) is 3.21. The molecule has 0 saturated heterocycles. The first-order valence-corrected chi connectivity index (χ1v) is 10.3. The van der Waals surface area contributed by atoms with Crippen LogP contribution in [0.4, 0.5) is 0 Å². The van der Waals surface area contributed by atoms with Crippen molar-refractivity contribution in [1.29, 1.82) is 0 Å². The van der Waals surface area contributed by atoms with Crippen LogP contribution in [0.25, 0.3) is 0 Å². The molecule has 31 heavy (non-hydrogen) atoms. The van der Waals surface area contributed by atoms with Crippen molar-refractivity contribution in [2.75, 3.05) is 12.4 Å². The summed E-state index contributed by atoms with van der Waals surface area (Å²) in [5.74, 6) is -3.53. The first-order chi connectivity index (χ1) is 14.6. The van der Waals surface area contributed by atoms with Gasteiger partial charge in [-0.25, -0.2) is 9.78 Å². The van der Waals surface area contributed by atoms with E-state index in [0.717, 1.165) is 0 Å². The number of H-pyrrole nitrogens is 1. The van der Waals surface area contributed by atoms with Gasteiger partial charge in [-0.15, -0.1) is 0 Å². The van der Waals surface area contributed by atoms with Crippen molar-refractivity contribution in [2.24, 2.45) is 11.7 Å². The second-order valence-electron chi connectivity index (χ2n) is 7.40. The highest BCUT2D eigenvalue weighted by atomic mass is 32.1. The molecule has 0 fully saturated rings. The predicted octanol–water partition coefficient (Wildman–Crippen LogP) is -2.21. The molecular weight excluding hydrogens is 428 g/mol. The van der Waals surface area contributed by atoms with Gasteiger partial charge in [0, 0.05) is 24.1 Å². The van der Waals surface area contributed by atoms with Crippen molar-refractivity contribution in [3.8, 4) is 0 Å². The number of hydrogen-bond acceptors (Lipinski definition) is 8. The van der Waals surface area contributed by atoms with E-state index in [9.17, 15) is 24.3 Å². The number of carboxylic acids is 1. The van der Waals surface area contributed by atoms with Gasteiger partial charge in [0.05, 0.1) is 19.0 Å². The van der Waals surface area contributed by atoms with Gasteiger partial charge >= 0.3 is 5.97 Å². The van der Waals surface area contributed by atoms with Crippen LogP contribution in [-0.2, 0) is 25.6 Å². The van der Waals surface area contributed by atoms with Gasteiger partial charge in [0.15, 0.2) is 0 Å². The molecule has 0 aromatic carbocycles. The molecule has 13 heteroatoms. The van der Waals surface area contributed by atoms with E-state index in [1.54, 1.807) is 0 Å². The van der Waals surface area contributed by atoms with Crippen LogP contribution in [-0.4, -0.2) is 80.4 Å². The van der Waals surface area contributed by atoms with Crippen LogP contribution in [0.5, 0.6) is 0 Å². The number of imidazole rings is 1. The molecule has 1 aromatic rings. The fourth-order valence-electron chi connectivity index (χ4n) is 2.64. The fourth-order valence-corrected chi connectivity index (χ4v) is 2.89. The molecule has 0 spiro atoms. The Balaban J connectivity index is 2.90. The SMILES string of the molecule is CC(C)CC(N)C(=O)NC(Cc1cnc[nH]1)C(=O)NC(CO)C(=O)NC(CS)C(=O)O. The number of nitrogens with one attached hydrogen (secondary N) is 4. The van der Waals surface area contributed by atoms with Gasteiger partial charge in [0.1, 0.15) is 18.1 Å². The maximum absolute atomic E-state index is 12.8. The number of rotatable bonds is 13. The number of hydrogen-bond donors (Lipinski definition) is 8. The normalized spacial score (nSPS) is 14.9. The van der Waals surface area contributed by atoms with E-state index < -0.39 is 54.5 Å². The lowest BCUT2D eigenvalue weighted by molar-refractivity contribution is -0.142. The second kappa shape index (κ2) is 12.9. The predicted molar refractivity (Wildman–Crippen MR) is 114 cm³/mol. The number of thiol groups is 1. The Morgan fingerprint density at radius 1 is 1.10 bits per heavy atom. The molecule has 0 bridgehead atoms. The van der Waals surface area contributed by atoms with Gasteiger partial charge in [-0.1, -0.05) is 13.8 Å². The second-order valence-corrected chi connectivity index (χ2v) is 7.77. The van der Waals surface area contributed by atoms with Gasteiger partial charge in [-0.3, -0.25) is 14.4 Å². The molecule has 0 saturated carbocycles. The lowest BCUT2D eigenvalue weighted by Crippen LogP contribution is -2.58. The Labute approximate surface area is 185 Å². The minimum absolute atomic E-state index is 0.0279. The number of nitrogens with two attached hydrogens (primary N) is 1. The van der Waals surface area contributed by atoms with Crippen LogP contribution in [0, 0.1) is 5.92 Å². The minimum atomic E-state index is -1.43. The number of nitrogens with zero attached hydrogens (tertiary/aromatic N) is 1. The molecule has 0 aliphatic heterocycles. The summed E-state index contributed by atoms with van der Waals surface area (Å²) < 4.78 is 0. The summed E-state index contributed by atoms with van der Waals surface area (Å²) in [7, 11) is 0. The number of amides is 3. The van der Waals surface area contributed by atoms with E-state index in [-0.39, 0.29) is 18.1 Å². The van der Waals surface area contributed by atoms with E-state index in [0.29, 0.717) is 12.1 Å². The Bertz CT molecular complexity index is 744. The molecule has 1 rings (SSSR count). The van der Waals surface area contributed by atoms with Crippen LogP contribution >= 0.6 is 12.6 Å². The monoisotopic (exact) mass is 458 g/mol.